The lowest BCUT2D eigenvalue weighted by Gasteiger charge is -2.23. The van der Waals surface area contributed by atoms with Gasteiger partial charge in [0.05, 0.1) is 6.07 Å². The Bertz CT molecular complexity index is 475. The summed E-state index contributed by atoms with van der Waals surface area (Å²) in [5, 5.41) is 8.90. The summed E-state index contributed by atoms with van der Waals surface area (Å²) < 4.78 is 0. The predicted octanol–water partition coefficient (Wildman–Crippen LogP) is 0.977. The van der Waals surface area contributed by atoms with Crippen LogP contribution in [-0.2, 0) is 4.79 Å². The lowest BCUT2D eigenvalue weighted by molar-refractivity contribution is -0.132. The second kappa shape index (κ2) is 4.81. The molecule has 0 bridgehead atoms. The minimum absolute atomic E-state index is 0.215. The Morgan fingerprint density at radius 3 is 2.82 bits per heavy atom. The molecule has 0 saturated heterocycles. The molecule has 0 fully saturated rings. The number of benzene rings is 1. The summed E-state index contributed by atoms with van der Waals surface area (Å²) in [7, 11) is 0. The van der Waals surface area contributed by atoms with E-state index in [4.69, 9.17) is 11.0 Å². The molecule has 1 amide bonds. The van der Waals surface area contributed by atoms with Gasteiger partial charge in [-0.25, -0.2) is 0 Å². The van der Waals surface area contributed by atoms with Crippen LogP contribution in [-0.4, -0.2) is 23.4 Å². The highest BCUT2D eigenvalue weighted by atomic mass is 16.2. The smallest absolute Gasteiger partial charge is 0.245 e. The van der Waals surface area contributed by atoms with Crippen LogP contribution in [0.2, 0.25) is 0 Å². The molecule has 86 valence electrons. The second-order valence-electron chi connectivity index (χ2n) is 3.88. The number of amides is 1. The summed E-state index contributed by atoms with van der Waals surface area (Å²) >= 11 is 0. The van der Waals surface area contributed by atoms with Crippen molar-refractivity contribution in [1.82, 2.24) is 4.90 Å². The highest BCUT2D eigenvalue weighted by molar-refractivity contribution is 5.84. The van der Waals surface area contributed by atoms with E-state index in [1.54, 1.807) is 6.08 Å². The first kappa shape index (κ1) is 11.4. The van der Waals surface area contributed by atoms with Gasteiger partial charge in [0, 0.05) is 6.54 Å². The van der Waals surface area contributed by atoms with Gasteiger partial charge in [0.15, 0.2) is 0 Å². The van der Waals surface area contributed by atoms with Crippen LogP contribution in [0.5, 0.6) is 0 Å². The molecule has 1 aromatic carbocycles. The van der Waals surface area contributed by atoms with Gasteiger partial charge in [-0.2, -0.15) is 5.26 Å². The third-order valence-electron chi connectivity index (χ3n) is 2.80. The van der Waals surface area contributed by atoms with E-state index in [9.17, 15) is 4.79 Å². The first-order valence-corrected chi connectivity index (χ1v) is 5.41. The summed E-state index contributed by atoms with van der Waals surface area (Å²) in [5.74, 6) is -0.215. The van der Waals surface area contributed by atoms with Crippen molar-refractivity contribution in [2.24, 2.45) is 5.73 Å². The van der Waals surface area contributed by atoms with Gasteiger partial charge < -0.3 is 10.6 Å². The molecule has 1 heterocycles. The van der Waals surface area contributed by atoms with E-state index in [0.717, 1.165) is 5.56 Å². The van der Waals surface area contributed by atoms with Crippen molar-refractivity contribution in [2.45, 2.75) is 12.1 Å². The normalized spacial score (nSPS) is 20.0. The van der Waals surface area contributed by atoms with Crippen molar-refractivity contribution >= 4 is 5.91 Å². The first-order chi connectivity index (χ1) is 8.24. The molecule has 0 aromatic heterocycles. The fraction of sp³-hybridized carbons (Fsp3) is 0.231. The average molecular weight is 227 g/mol. The maximum absolute atomic E-state index is 12.1. The summed E-state index contributed by atoms with van der Waals surface area (Å²) in [6, 6.07) is 10.1. The third-order valence-corrected chi connectivity index (χ3v) is 2.80. The zero-order valence-electron chi connectivity index (χ0n) is 9.28. The van der Waals surface area contributed by atoms with Crippen LogP contribution in [0.1, 0.15) is 11.6 Å². The molecule has 1 aliphatic heterocycles. The molecular formula is C13H13N3O. The zero-order chi connectivity index (χ0) is 12.3. The van der Waals surface area contributed by atoms with Crippen molar-refractivity contribution in [3.05, 3.63) is 48.0 Å². The Morgan fingerprint density at radius 2 is 2.18 bits per heavy atom. The molecule has 4 heteroatoms. The minimum atomic E-state index is -0.702. The molecule has 17 heavy (non-hydrogen) atoms. The van der Waals surface area contributed by atoms with Crippen LogP contribution in [0.3, 0.4) is 0 Å². The van der Waals surface area contributed by atoms with Crippen molar-refractivity contribution in [2.75, 3.05) is 6.54 Å². The van der Waals surface area contributed by atoms with Crippen LogP contribution in [0.25, 0.3) is 0 Å². The van der Waals surface area contributed by atoms with Gasteiger partial charge in [-0.15, -0.1) is 0 Å². The highest BCUT2D eigenvalue weighted by Crippen LogP contribution is 2.17. The van der Waals surface area contributed by atoms with Crippen molar-refractivity contribution in [1.29, 1.82) is 5.26 Å². The molecule has 4 nitrogen and oxygen atoms in total. The Morgan fingerprint density at radius 1 is 1.47 bits per heavy atom. The Kier molecular flexibility index (Phi) is 3.22. The van der Waals surface area contributed by atoms with Crippen molar-refractivity contribution < 1.29 is 4.79 Å². The van der Waals surface area contributed by atoms with E-state index < -0.39 is 12.1 Å². The van der Waals surface area contributed by atoms with E-state index in [2.05, 4.69) is 6.07 Å². The van der Waals surface area contributed by atoms with Crippen LogP contribution >= 0.6 is 0 Å². The van der Waals surface area contributed by atoms with Crippen LogP contribution in [0, 0.1) is 11.3 Å². The maximum Gasteiger partial charge on any atom is 0.245 e. The zero-order valence-corrected chi connectivity index (χ0v) is 9.28. The van der Waals surface area contributed by atoms with E-state index >= 15 is 0 Å². The topological polar surface area (TPSA) is 70.1 Å². The Balaban J connectivity index is 2.14. The van der Waals surface area contributed by atoms with Crippen molar-refractivity contribution in [3.8, 4) is 6.07 Å². The number of hydrogen-bond donors (Lipinski definition) is 1. The number of hydrogen-bond acceptors (Lipinski definition) is 3. The fourth-order valence-corrected chi connectivity index (χ4v) is 1.84. The molecule has 0 radical (unpaired) electrons. The molecule has 2 atom stereocenters. The lowest BCUT2D eigenvalue weighted by atomic mass is 10.1. The quantitative estimate of drug-likeness (QED) is 0.765. The molecule has 0 saturated carbocycles. The maximum atomic E-state index is 12.1. The first-order valence-electron chi connectivity index (χ1n) is 5.41. The largest absolute Gasteiger partial charge is 0.318 e. The number of carbonyl (C=O) groups excluding carboxylic acids is 1. The lowest BCUT2D eigenvalue weighted by Crippen LogP contribution is -2.41. The van der Waals surface area contributed by atoms with Gasteiger partial charge in [0.1, 0.15) is 12.1 Å². The van der Waals surface area contributed by atoms with E-state index in [0.29, 0.717) is 6.54 Å². The monoisotopic (exact) mass is 227 g/mol. The summed E-state index contributed by atoms with van der Waals surface area (Å²) in [6.45, 7) is 0.456. The van der Waals surface area contributed by atoms with Crippen molar-refractivity contribution in [3.63, 3.8) is 0 Å². The van der Waals surface area contributed by atoms with E-state index in [1.165, 1.54) is 4.90 Å². The van der Waals surface area contributed by atoms with Gasteiger partial charge in [0.2, 0.25) is 5.91 Å². The second-order valence-corrected chi connectivity index (χ2v) is 3.88. The highest BCUT2D eigenvalue weighted by Gasteiger charge is 2.28. The Labute approximate surface area is 99.9 Å². The van der Waals surface area contributed by atoms with E-state index in [-0.39, 0.29) is 5.91 Å². The standard InChI is InChI=1S/C13H13N3O/c14-9-11-7-4-8-16(11)13(17)12(15)10-5-2-1-3-6-10/h1-7,11-12H,8,15H2/t11-,12-/m0/s1. The predicted molar refractivity (Wildman–Crippen MR) is 63.6 cm³/mol. The molecule has 2 rings (SSSR count). The molecule has 2 N–H and O–H groups in total. The summed E-state index contributed by atoms with van der Waals surface area (Å²) in [4.78, 5) is 13.6. The molecule has 0 unspecified atom stereocenters. The number of nitriles is 1. The van der Waals surface area contributed by atoms with Crippen LogP contribution < -0.4 is 5.73 Å². The molecule has 1 aromatic rings. The summed E-state index contributed by atoms with van der Waals surface area (Å²) in [6.07, 6.45) is 3.53. The fourth-order valence-electron chi connectivity index (χ4n) is 1.84. The molecule has 1 aliphatic rings. The SMILES string of the molecule is N#C[C@@H]1C=CCN1C(=O)[C@@H](N)c1ccccc1. The summed E-state index contributed by atoms with van der Waals surface area (Å²) in [5.41, 5.74) is 6.67. The number of nitrogens with two attached hydrogens (primary N) is 1. The van der Waals surface area contributed by atoms with E-state index in [1.807, 2.05) is 36.4 Å². The minimum Gasteiger partial charge on any atom is -0.318 e. The van der Waals surface area contributed by atoms with Gasteiger partial charge in [-0.1, -0.05) is 36.4 Å². The number of carbonyl (C=O) groups is 1. The van der Waals surface area contributed by atoms with Gasteiger partial charge >= 0.3 is 0 Å². The van der Waals surface area contributed by atoms with Gasteiger partial charge in [0.25, 0.3) is 0 Å². The molecular weight excluding hydrogens is 214 g/mol. The number of rotatable bonds is 2. The Hall–Kier alpha value is -2.12. The van der Waals surface area contributed by atoms with Gasteiger partial charge in [-0.05, 0) is 11.6 Å². The van der Waals surface area contributed by atoms with Crippen LogP contribution in [0.15, 0.2) is 42.5 Å². The van der Waals surface area contributed by atoms with Crippen LogP contribution in [0.4, 0.5) is 0 Å². The third kappa shape index (κ3) is 2.19. The molecule has 0 spiro atoms. The molecule has 0 aliphatic carbocycles. The van der Waals surface area contributed by atoms with Gasteiger partial charge in [-0.3, -0.25) is 4.79 Å². The number of nitrogens with zero attached hydrogens (tertiary/aromatic N) is 2. The average Bonchev–Trinajstić information content (AvgIpc) is 2.86.